The maximum absolute atomic E-state index is 11.9. The number of esters is 1. The summed E-state index contributed by atoms with van der Waals surface area (Å²) >= 11 is 2.08. The predicted molar refractivity (Wildman–Crippen MR) is 75.6 cm³/mol. The van der Waals surface area contributed by atoms with E-state index in [1.54, 1.807) is 19.1 Å². The highest BCUT2D eigenvalue weighted by Crippen LogP contribution is 2.12. The molecule has 1 aromatic rings. The van der Waals surface area contributed by atoms with Gasteiger partial charge in [-0.05, 0) is 60.7 Å². The van der Waals surface area contributed by atoms with Crippen molar-refractivity contribution >= 4 is 38.6 Å². The fourth-order valence-corrected chi connectivity index (χ4v) is 2.78. The summed E-state index contributed by atoms with van der Waals surface area (Å²) in [5.41, 5.74) is 0. The first-order valence-corrected chi connectivity index (χ1v) is 7.87. The van der Waals surface area contributed by atoms with Gasteiger partial charge in [-0.1, -0.05) is 0 Å². The third kappa shape index (κ3) is 4.21. The molecule has 0 fully saturated rings. The van der Waals surface area contributed by atoms with Gasteiger partial charge in [-0.25, -0.2) is 8.42 Å². The number of ether oxygens (including phenoxy) is 1. The summed E-state index contributed by atoms with van der Waals surface area (Å²) in [5.74, 6) is -0.591. The van der Waals surface area contributed by atoms with Crippen LogP contribution in [0.4, 0.5) is 0 Å². The first-order chi connectivity index (χ1) is 8.36. The summed E-state index contributed by atoms with van der Waals surface area (Å²) in [6.45, 7) is 3.33. The van der Waals surface area contributed by atoms with Gasteiger partial charge >= 0.3 is 5.97 Å². The van der Waals surface area contributed by atoms with Crippen LogP contribution in [-0.2, 0) is 19.6 Å². The SMILES string of the molecule is CCOC(=O)C(C)NS(=O)(=O)c1ccc(I)cc1. The lowest BCUT2D eigenvalue weighted by atomic mass is 10.4. The van der Waals surface area contributed by atoms with E-state index >= 15 is 0 Å². The molecule has 5 nitrogen and oxygen atoms in total. The average molecular weight is 383 g/mol. The van der Waals surface area contributed by atoms with Gasteiger partial charge in [0.05, 0.1) is 11.5 Å². The van der Waals surface area contributed by atoms with Crippen molar-refractivity contribution in [3.63, 3.8) is 0 Å². The lowest BCUT2D eigenvalue weighted by molar-refractivity contribution is -0.144. The van der Waals surface area contributed by atoms with E-state index in [1.165, 1.54) is 19.1 Å². The molecular formula is C11H14INO4S. The van der Waals surface area contributed by atoms with Crippen molar-refractivity contribution in [1.82, 2.24) is 4.72 Å². The first kappa shape index (κ1) is 15.4. The third-order valence-corrected chi connectivity index (χ3v) is 4.37. The number of hydrogen-bond acceptors (Lipinski definition) is 4. The number of hydrogen-bond donors (Lipinski definition) is 1. The van der Waals surface area contributed by atoms with E-state index in [0.29, 0.717) is 0 Å². The smallest absolute Gasteiger partial charge is 0.323 e. The van der Waals surface area contributed by atoms with Gasteiger partial charge in [-0.3, -0.25) is 4.79 Å². The Morgan fingerprint density at radius 3 is 2.44 bits per heavy atom. The highest BCUT2D eigenvalue weighted by Gasteiger charge is 2.22. The van der Waals surface area contributed by atoms with Crippen molar-refractivity contribution in [2.24, 2.45) is 0 Å². The molecular weight excluding hydrogens is 369 g/mol. The molecule has 0 saturated heterocycles. The third-order valence-electron chi connectivity index (χ3n) is 2.10. The van der Waals surface area contributed by atoms with Gasteiger partial charge in [0, 0.05) is 3.57 Å². The van der Waals surface area contributed by atoms with Gasteiger partial charge in [-0.15, -0.1) is 0 Å². The molecule has 0 aliphatic rings. The molecule has 0 aliphatic heterocycles. The van der Waals surface area contributed by atoms with Crippen LogP contribution in [0.3, 0.4) is 0 Å². The van der Waals surface area contributed by atoms with Crippen molar-refractivity contribution in [1.29, 1.82) is 0 Å². The van der Waals surface area contributed by atoms with E-state index < -0.39 is 22.0 Å². The van der Waals surface area contributed by atoms with Crippen LogP contribution in [0.1, 0.15) is 13.8 Å². The van der Waals surface area contributed by atoms with Crippen molar-refractivity contribution in [3.8, 4) is 0 Å². The molecule has 1 aromatic carbocycles. The molecule has 0 aromatic heterocycles. The lowest BCUT2D eigenvalue weighted by Gasteiger charge is -2.13. The summed E-state index contributed by atoms with van der Waals surface area (Å²) in [6.07, 6.45) is 0. The molecule has 1 unspecified atom stereocenters. The Balaban J connectivity index is 2.82. The number of carbonyl (C=O) groups is 1. The summed E-state index contributed by atoms with van der Waals surface area (Å²) in [6, 6.07) is 5.44. The molecule has 0 amide bonds. The number of nitrogens with one attached hydrogen (secondary N) is 1. The van der Waals surface area contributed by atoms with Crippen molar-refractivity contribution < 1.29 is 17.9 Å². The molecule has 18 heavy (non-hydrogen) atoms. The largest absolute Gasteiger partial charge is 0.465 e. The van der Waals surface area contributed by atoms with Gasteiger partial charge < -0.3 is 4.74 Å². The second kappa shape index (κ2) is 6.48. The van der Waals surface area contributed by atoms with Crippen LogP contribution >= 0.6 is 22.6 Å². The summed E-state index contributed by atoms with van der Waals surface area (Å²) in [7, 11) is -3.69. The Labute approximate surface area is 120 Å². The van der Waals surface area contributed by atoms with E-state index in [9.17, 15) is 13.2 Å². The summed E-state index contributed by atoms with van der Waals surface area (Å²) in [4.78, 5) is 11.5. The molecule has 7 heteroatoms. The summed E-state index contributed by atoms with van der Waals surface area (Å²) < 4.78 is 31.8. The van der Waals surface area contributed by atoms with Crippen LogP contribution in [0, 0.1) is 3.57 Å². The number of sulfonamides is 1. The molecule has 0 heterocycles. The fourth-order valence-electron chi connectivity index (χ4n) is 1.23. The van der Waals surface area contributed by atoms with Gasteiger partial charge in [0.15, 0.2) is 0 Å². The minimum Gasteiger partial charge on any atom is -0.465 e. The molecule has 0 bridgehead atoms. The highest BCUT2D eigenvalue weighted by molar-refractivity contribution is 14.1. The zero-order valence-corrected chi connectivity index (χ0v) is 13.0. The van der Waals surface area contributed by atoms with E-state index in [0.717, 1.165) is 3.57 Å². The Bertz CT molecular complexity index is 512. The average Bonchev–Trinajstić information content (AvgIpc) is 2.29. The van der Waals surface area contributed by atoms with Crippen LogP contribution in [0.15, 0.2) is 29.2 Å². The maximum Gasteiger partial charge on any atom is 0.323 e. The van der Waals surface area contributed by atoms with E-state index in [4.69, 9.17) is 4.74 Å². The van der Waals surface area contributed by atoms with Crippen molar-refractivity contribution in [2.45, 2.75) is 24.8 Å². The molecule has 1 atom stereocenters. The van der Waals surface area contributed by atoms with Gasteiger partial charge in [0.25, 0.3) is 0 Å². The maximum atomic E-state index is 11.9. The zero-order chi connectivity index (χ0) is 13.8. The molecule has 0 aliphatic carbocycles. The zero-order valence-electron chi connectivity index (χ0n) is 10.0. The fraction of sp³-hybridized carbons (Fsp3) is 0.364. The van der Waals surface area contributed by atoms with Crippen LogP contribution in [0.5, 0.6) is 0 Å². The Morgan fingerprint density at radius 1 is 1.39 bits per heavy atom. The quantitative estimate of drug-likeness (QED) is 0.618. The molecule has 0 spiro atoms. The lowest BCUT2D eigenvalue weighted by Crippen LogP contribution is -2.39. The van der Waals surface area contributed by atoms with Gasteiger partial charge in [0.1, 0.15) is 6.04 Å². The highest BCUT2D eigenvalue weighted by atomic mass is 127. The van der Waals surface area contributed by atoms with E-state index in [-0.39, 0.29) is 11.5 Å². The Hall–Kier alpha value is -0.670. The normalized spacial score (nSPS) is 13.1. The Morgan fingerprint density at radius 2 is 1.94 bits per heavy atom. The standard InChI is InChI=1S/C11H14INO4S/c1-3-17-11(14)8(2)13-18(15,16)10-6-4-9(12)5-7-10/h4-8,13H,3H2,1-2H3. The molecule has 0 radical (unpaired) electrons. The minimum absolute atomic E-state index is 0.124. The number of benzene rings is 1. The van der Waals surface area contributed by atoms with Crippen LogP contribution in [-0.4, -0.2) is 27.0 Å². The number of carbonyl (C=O) groups excluding carboxylic acids is 1. The van der Waals surface area contributed by atoms with Crippen molar-refractivity contribution in [3.05, 3.63) is 27.8 Å². The van der Waals surface area contributed by atoms with Crippen molar-refractivity contribution in [2.75, 3.05) is 6.61 Å². The van der Waals surface area contributed by atoms with Crippen LogP contribution < -0.4 is 4.72 Å². The van der Waals surface area contributed by atoms with Crippen LogP contribution in [0.2, 0.25) is 0 Å². The molecule has 1 N–H and O–H groups in total. The van der Waals surface area contributed by atoms with E-state index in [2.05, 4.69) is 27.3 Å². The number of rotatable bonds is 5. The number of halogens is 1. The Kier molecular flexibility index (Phi) is 5.54. The molecule has 100 valence electrons. The van der Waals surface area contributed by atoms with Gasteiger partial charge in [0.2, 0.25) is 10.0 Å². The molecule has 0 saturated carbocycles. The second-order valence-electron chi connectivity index (χ2n) is 3.55. The van der Waals surface area contributed by atoms with Crippen LogP contribution in [0.25, 0.3) is 0 Å². The summed E-state index contributed by atoms with van der Waals surface area (Å²) in [5, 5.41) is 0. The predicted octanol–water partition coefficient (Wildman–Crippen LogP) is 1.52. The first-order valence-electron chi connectivity index (χ1n) is 5.31. The monoisotopic (exact) mass is 383 g/mol. The topological polar surface area (TPSA) is 72.5 Å². The minimum atomic E-state index is -3.69. The van der Waals surface area contributed by atoms with Gasteiger partial charge in [-0.2, -0.15) is 4.72 Å². The molecule has 1 rings (SSSR count). The van der Waals surface area contributed by atoms with E-state index in [1.807, 2.05) is 0 Å². The second-order valence-corrected chi connectivity index (χ2v) is 6.51.